The number of nitrogens with one attached hydrogen (secondary N) is 2. The van der Waals surface area contributed by atoms with E-state index in [2.05, 4.69) is 10.0 Å². The van der Waals surface area contributed by atoms with E-state index >= 15 is 0 Å². The fourth-order valence-corrected chi connectivity index (χ4v) is 4.51. The van der Waals surface area contributed by atoms with Gasteiger partial charge in [-0.2, -0.15) is 0 Å². The molecule has 0 spiro atoms. The highest BCUT2D eigenvalue weighted by atomic mass is 32.2. The predicted octanol–water partition coefficient (Wildman–Crippen LogP) is 3.53. The lowest BCUT2D eigenvalue weighted by Gasteiger charge is -2.18. The lowest BCUT2D eigenvalue weighted by molar-refractivity contribution is 0.596. The molecule has 1 unspecified atom stereocenters. The van der Waals surface area contributed by atoms with Crippen molar-refractivity contribution in [2.24, 2.45) is 0 Å². The molecule has 0 saturated heterocycles. The Hall–Kier alpha value is -1.37. The van der Waals surface area contributed by atoms with Crippen molar-refractivity contribution in [3.8, 4) is 0 Å². The highest BCUT2D eigenvalue weighted by molar-refractivity contribution is 7.94. The normalized spacial score (nSPS) is 13.1. The Labute approximate surface area is 130 Å². The highest BCUT2D eigenvalue weighted by Crippen LogP contribution is 2.27. The minimum Gasteiger partial charge on any atom is -0.310 e. The van der Waals surface area contributed by atoms with Crippen LogP contribution in [0.4, 0.5) is 5.69 Å². The molecule has 0 aliphatic heterocycles. The minimum absolute atomic E-state index is 0.0824. The summed E-state index contributed by atoms with van der Waals surface area (Å²) in [5.41, 5.74) is 1.56. The molecule has 2 rings (SSSR count). The van der Waals surface area contributed by atoms with Gasteiger partial charge in [-0.25, -0.2) is 8.42 Å². The second-order valence-electron chi connectivity index (χ2n) is 4.84. The van der Waals surface area contributed by atoms with Gasteiger partial charge in [-0.15, -0.1) is 11.3 Å². The first-order valence-corrected chi connectivity index (χ1v) is 9.15. The standard InChI is InChI=1S/C15H20N2O2S2/c1-4-16-12(3)13-7-5-6-8-14(13)17-21(18,19)15-10-9-11(2)20-15/h5-10,12,16-17H,4H2,1-3H3. The van der Waals surface area contributed by atoms with Crippen LogP contribution in [0.3, 0.4) is 0 Å². The molecule has 1 aromatic carbocycles. The maximum atomic E-state index is 12.4. The minimum atomic E-state index is -3.52. The summed E-state index contributed by atoms with van der Waals surface area (Å²) >= 11 is 1.27. The van der Waals surface area contributed by atoms with Crippen LogP contribution in [0.5, 0.6) is 0 Å². The van der Waals surface area contributed by atoms with Gasteiger partial charge >= 0.3 is 0 Å². The van der Waals surface area contributed by atoms with Crippen LogP contribution < -0.4 is 10.0 Å². The number of anilines is 1. The van der Waals surface area contributed by atoms with Gasteiger partial charge in [-0.1, -0.05) is 25.1 Å². The number of benzene rings is 1. The van der Waals surface area contributed by atoms with Crippen LogP contribution in [-0.4, -0.2) is 15.0 Å². The van der Waals surface area contributed by atoms with Gasteiger partial charge in [0.1, 0.15) is 4.21 Å². The summed E-state index contributed by atoms with van der Waals surface area (Å²) in [5.74, 6) is 0. The Balaban J connectivity index is 2.31. The van der Waals surface area contributed by atoms with Gasteiger partial charge in [-0.3, -0.25) is 4.72 Å². The highest BCUT2D eigenvalue weighted by Gasteiger charge is 2.19. The molecule has 1 aromatic heterocycles. The molecule has 21 heavy (non-hydrogen) atoms. The molecule has 0 radical (unpaired) electrons. The third-order valence-electron chi connectivity index (χ3n) is 3.16. The van der Waals surface area contributed by atoms with Gasteiger partial charge in [0.25, 0.3) is 10.0 Å². The molecule has 1 atom stereocenters. The summed E-state index contributed by atoms with van der Waals surface area (Å²) in [4.78, 5) is 0.977. The first kappa shape index (κ1) is 16.0. The largest absolute Gasteiger partial charge is 0.310 e. The molecule has 6 heteroatoms. The van der Waals surface area contributed by atoms with E-state index in [1.54, 1.807) is 12.1 Å². The Morgan fingerprint density at radius 1 is 1.19 bits per heavy atom. The van der Waals surface area contributed by atoms with Crippen molar-refractivity contribution in [3.63, 3.8) is 0 Å². The second-order valence-corrected chi connectivity index (χ2v) is 8.03. The van der Waals surface area contributed by atoms with E-state index in [0.717, 1.165) is 17.0 Å². The zero-order chi connectivity index (χ0) is 15.5. The average Bonchev–Trinajstić information content (AvgIpc) is 2.87. The van der Waals surface area contributed by atoms with Crippen molar-refractivity contribution in [2.75, 3.05) is 11.3 Å². The molecule has 0 fully saturated rings. The molecule has 0 bridgehead atoms. The topological polar surface area (TPSA) is 58.2 Å². The van der Waals surface area contributed by atoms with Crippen molar-refractivity contribution < 1.29 is 8.42 Å². The van der Waals surface area contributed by atoms with Crippen molar-refractivity contribution in [3.05, 3.63) is 46.8 Å². The van der Waals surface area contributed by atoms with Crippen molar-refractivity contribution >= 4 is 27.0 Å². The number of para-hydroxylation sites is 1. The first-order valence-electron chi connectivity index (χ1n) is 6.85. The summed E-state index contributed by atoms with van der Waals surface area (Å²) in [6.45, 7) is 6.76. The monoisotopic (exact) mass is 324 g/mol. The van der Waals surface area contributed by atoms with Crippen LogP contribution in [0.1, 0.15) is 30.3 Å². The first-order chi connectivity index (χ1) is 9.94. The average molecular weight is 324 g/mol. The summed E-state index contributed by atoms with van der Waals surface area (Å²) in [5, 5.41) is 3.30. The third-order valence-corrected chi connectivity index (χ3v) is 6.02. The molecular formula is C15H20N2O2S2. The molecule has 0 saturated carbocycles. The quantitative estimate of drug-likeness (QED) is 0.854. The molecule has 114 valence electrons. The third kappa shape index (κ3) is 3.84. The number of aryl methyl sites for hydroxylation is 1. The van der Waals surface area contributed by atoms with Gasteiger partial charge in [0.15, 0.2) is 0 Å². The number of sulfonamides is 1. The van der Waals surface area contributed by atoms with Crippen LogP contribution in [0, 0.1) is 6.92 Å². The van der Waals surface area contributed by atoms with E-state index in [9.17, 15) is 8.42 Å². The summed E-state index contributed by atoms with van der Waals surface area (Å²) < 4.78 is 27.9. The second kappa shape index (κ2) is 6.60. The Bertz CT molecular complexity index is 708. The summed E-state index contributed by atoms with van der Waals surface area (Å²) in [6.07, 6.45) is 0. The number of hydrogen-bond donors (Lipinski definition) is 2. The zero-order valence-corrected chi connectivity index (χ0v) is 14.0. The molecule has 2 N–H and O–H groups in total. The molecule has 0 aliphatic carbocycles. The molecule has 2 aromatic rings. The lowest BCUT2D eigenvalue weighted by Crippen LogP contribution is -2.20. The Kier molecular flexibility index (Phi) is 5.03. The van der Waals surface area contributed by atoms with E-state index in [4.69, 9.17) is 0 Å². The van der Waals surface area contributed by atoms with Crippen LogP contribution in [0.25, 0.3) is 0 Å². The maximum absolute atomic E-state index is 12.4. The van der Waals surface area contributed by atoms with Gasteiger partial charge in [0.2, 0.25) is 0 Å². The maximum Gasteiger partial charge on any atom is 0.271 e. The van der Waals surface area contributed by atoms with E-state index in [0.29, 0.717) is 9.90 Å². The Morgan fingerprint density at radius 2 is 1.90 bits per heavy atom. The zero-order valence-electron chi connectivity index (χ0n) is 12.4. The van der Waals surface area contributed by atoms with Gasteiger partial charge in [0.05, 0.1) is 5.69 Å². The fraction of sp³-hybridized carbons (Fsp3) is 0.333. The van der Waals surface area contributed by atoms with Gasteiger partial charge < -0.3 is 5.32 Å². The smallest absolute Gasteiger partial charge is 0.271 e. The van der Waals surface area contributed by atoms with E-state index in [1.165, 1.54) is 11.3 Å². The van der Waals surface area contributed by atoms with E-state index in [1.807, 2.05) is 45.0 Å². The molecule has 0 aliphatic rings. The van der Waals surface area contributed by atoms with E-state index < -0.39 is 10.0 Å². The van der Waals surface area contributed by atoms with Crippen LogP contribution in [0.15, 0.2) is 40.6 Å². The van der Waals surface area contributed by atoms with Gasteiger partial charge in [-0.05, 0) is 44.2 Å². The molecule has 1 heterocycles. The lowest BCUT2D eigenvalue weighted by atomic mass is 10.1. The van der Waals surface area contributed by atoms with Crippen LogP contribution in [0.2, 0.25) is 0 Å². The fourth-order valence-electron chi connectivity index (χ4n) is 2.14. The number of thiophene rings is 1. The van der Waals surface area contributed by atoms with Crippen LogP contribution >= 0.6 is 11.3 Å². The van der Waals surface area contributed by atoms with Crippen molar-refractivity contribution in [2.45, 2.75) is 31.0 Å². The predicted molar refractivity (Wildman–Crippen MR) is 88.4 cm³/mol. The summed E-state index contributed by atoms with van der Waals surface area (Å²) in [6, 6.07) is 11.0. The number of rotatable bonds is 6. The van der Waals surface area contributed by atoms with Gasteiger partial charge in [0, 0.05) is 10.9 Å². The number of hydrogen-bond acceptors (Lipinski definition) is 4. The molecular weight excluding hydrogens is 304 g/mol. The molecule has 4 nitrogen and oxygen atoms in total. The SMILES string of the molecule is CCNC(C)c1ccccc1NS(=O)(=O)c1ccc(C)s1. The van der Waals surface area contributed by atoms with Crippen LogP contribution in [-0.2, 0) is 10.0 Å². The summed E-state index contributed by atoms with van der Waals surface area (Å²) in [7, 11) is -3.52. The van der Waals surface area contributed by atoms with Crippen molar-refractivity contribution in [1.29, 1.82) is 0 Å². The van der Waals surface area contributed by atoms with Crippen molar-refractivity contribution in [1.82, 2.24) is 5.32 Å². The Morgan fingerprint density at radius 3 is 2.52 bits per heavy atom. The van der Waals surface area contributed by atoms with E-state index in [-0.39, 0.29) is 6.04 Å². The molecule has 0 amide bonds.